The molecule has 0 aliphatic carbocycles. The minimum atomic E-state index is -0.175. The van der Waals surface area contributed by atoms with Gasteiger partial charge in [-0.1, -0.05) is 0 Å². The largest absolute Gasteiger partial charge is 0.496 e. The van der Waals surface area contributed by atoms with Crippen LogP contribution in [0.2, 0.25) is 0 Å². The van der Waals surface area contributed by atoms with E-state index < -0.39 is 0 Å². The van der Waals surface area contributed by atoms with Gasteiger partial charge in [0.05, 0.1) is 21.3 Å². The molecule has 0 heterocycles. The Morgan fingerprint density at radius 2 is 1.52 bits per heavy atom. The van der Waals surface area contributed by atoms with Gasteiger partial charge in [-0.15, -0.1) is 0 Å². The number of carbonyl (C=O) groups excluding carboxylic acids is 1. The maximum Gasteiger partial charge on any atom is 0.314 e. The van der Waals surface area contributed by atoms with Gasteiger partial charge in [0, 0.05) is 25.7 Å². The van der Waals surface area contributed by atoms with Gasteiger partial charge in [0.25, 0.3) is 0 Å². The van der Waals surface area contributed by atoms with Gasteiger partial charge in [0.2, 0.25) is 0 Å². The van der Waals surface area contributed by atoms with Crippen LogP contribution in [0.4, 0.5) is 4.79 Å². The highest BCUT2D eigenvalue weighted by molar-refractivity contribution is 5.73. The van der Waals surface area contributed by atoms with Crippen LogP contribution in [0, 0.1) is 0 Å². The van der Waals surface area contributed by atoms with Crippen LogP contribution in [0.1, 0.15) is 5.56 Å². The minimum absolute atomic E-state index is 0.175. The lowest BCUT2D eigenvalue weighted by molar-refractivity contribution is 0.239. The molecule has 2 amide bonds. The van der Waals surface area contributed by atoms with E-state index in [2.05, 4.69) is 10.6 Å². The van der Waals surface area contributed by atoms with E-state index in [0.29, 0.717) is 36.8 Å². The van der Waals surface area contributed by atoms with E-state index in [1.807, 2.05) is 25.1 Å². The molecule has 0 fully saturated rings. The predicted octanol–water partition coefficient (Wildman–Crippen LogP) is 1.12. The maximum atomic E-state index is 11.7. The Kier molecular flexibility index (Phi) is 8.04. The van der Waals surface area contributed by atoms with Gasteiger partial charge < -0.3 is 29.7 Å². The quantitative estimate of drug-likeness (QED) is 0.712. The zero-order valence-electron chi connectivity index (χ0n) is 14.6. The number of ether oxygens (including phenoxy) is 3. The molecule has 0 aliphatic rings. The Morgan fingerprint density at radius 1 is 0.957 bits per heavy atom. The molecule has 1 aromatic rings. The van der Waals surface area contributed by atoms with E-state index in [4.69, 9.17) is 14.2 Å². The van der Waals surface area contributed by atoms with Crippen molar-refractivity contribution in [1.82, 2.24) is 15.5 Å². The lowest BCUT2D eigenvalue weighted by Gasteiger charge is -2.15. The molecule has 23 heavy (non-hydrogen) atoms. The zero-order chi connectivity index (χ0) is 17.2. The van der Waals surface area contributed by atoms with Crippen LogP contribution in [0.5, 0.6) is 17.2 Å². The van der Waals surface area contributed by atoms with E-state index in [-0.39, 0.29) is 6.03 Å². The lowest BCUT2D eigenvalue weighted by atomic mass is 10.1. The summed E-state index contributed by atoms with van der Waals surface area (Å²) in [5.41, 5.74) is 0.943. The molecule has 0 aromatic heterocycles. The maximum absolute atomic E-state index is 11.7. The highest BCUT2D eigenvalue weighted by atomic mass is 16.5. The summed E-state index contributed by atoms with van der Waals surface area (Å²) in [6.07, 6.45) is 0.630. The molecule has 1 aromatic carbocycles. The van der Waals surface area contributed by atoms with E-state index in [1.165, 1.54) is 0 Å². The average Bonchev–Trinajstić information content (AvgIpc) is 2.53. The molecular formula is C16H27N3O4. The number of nitrogens with zero attached hydrogens (tertiary/aromatic N) is 1. The Labute approximate surface area is 137 Å². The first-order chi connectivity index (χ1) is 11.0. The van der Waals surface area contributed by atoms with Gasteiger partial charge in [-0.2, -0.15) is 0 Å². The van der Waals surface area contributed by atoms with Crippen LogP contribution < -0.4 is 24.8 Å². The van der Waals surface area contributed by atoms with Gasteiger partial charge in [-0.05, 0) is 32.1 Å². The van der Waals surface area contributed by atoms with Crippen molar-refractivity contribution in [2.75, 3.05) is 55.1 Å². The fourth-order valence-electron chi connectivity index (χ4n) is 2.05. The predicted molar refractivity (Wildman–Crippen MR) is 89.8 cm³/mol. The average molecular weight is 325 g/mol. The highest BCUT2D eigenvalue weighted by Crippen LogP contribution is 2.34. The number of carbonyl (C=O) groups is 1. The SMILES string of the molecule is COc1cc(OC)c(OC)cc1CCNC(=O)NCCN(C)C. The van der Waals surface area contributed by atoms with Crippen molar-refractivity contribution in [3.63, 3.8) is 0 Å². The van der Waals surface area contributed by atoms with Crippen molar-refractivity contribution in [3.05, 3.63) is 17.7 Å². The molecule has 0 atom stereocenters. The molecule has 0 unspecified atom stereocenters. The van der Waals surface area contributed by atoms with Crippen LogP contribution in [-0.4, -0.2) is 66.0 Å². The standard InChI is InChI=1S/C16H27N3O4/c1-19(2)9-8-18-16(20)17-7-6-12-10-14(22-4)15(23-5)11-13(12)21-3/h10-11H,6-9H2,1-5H3,(H2,17,18,20). The summed E-state index contributed by atoms with van der Waals surface area (Å²) in [6, 6.07) is 3.47. The topological polar surface area (TPSA) is 72.1 Å². The van der Waals surface area contributed by atoms with Crippen LogP contribution in [0.15, 0.2) is 12.1 Å². The monoisotopic (exact) mass is 325 g/mol. The van der Waals surface area contributed by atoms with Gasteiger partial charge in [0.1, 0.15) is 5.75 Å². The second kappa shape index (κ2) is 9.78. The molecule has 0 bridgehead atoms. The van der Waals surface area contributed by atoms with E-state index in [1.54, 1.807) is 27.4 Å². The summed E-state index contributed by atoms with van der Waals surface area (Å²) in [5.74, 6) is 1.96. The number of urea groups is 1. The van der Waals surface area contributed by atoms with Crippen molar-refractivity contribution in [1.29, 1.82) is 0 Å². The van der Waals surface area contributed by atoms with Crippen LogP contribution >= 0.6 is 0 Å². The van der Waals surface area contributed by atoms with E-state index >= 15 is 0 Å². The molecule has 0 aliphatic heterocycles. The third kappa shape index (κ3) is 6.23. The van der Waals surface area contributed by atoms with Gasteiger partial charge >= 0.3 is 6.03 Å². The molecule has 2 N–H and O–H groups in total. The third-order valence-electron chi connectivity index (χ3n) is 3.31. The van der Waals surface area contributed by atoms with Crippen molar-refractivity contribution in [3.8, 4) is 17.2 Å². The van der Waals surface area contributed by atoms with Crippen molar-refractivity contribution in [2.45, 2.75) is 6.42 Å². The first-order valence-electron chi connectivity index (χ1n) is 7.47. The number of benzene rings is 1. The first-order valence-corrected chi connectivity index (χ1v) is 7.47. The van der Waals surface area contributed by atoms with E-state index in [9.17, 15) is 4.79 Å². The second-order valence-electron chi connectivity index (χ2n) is 5.25. The Morgan fingerprint density at radius 3 is 2.09 bits per heavy atom. The number of methoxy groups -OCH3 is 3. The van der Waals surface area contributed by atoms with Gasteiger partial charge in [-0.3, -0.25) is 0 Å². The molecular weight excluding hydrogens is 298 g/mol. The molecule has 0 radical (unpaired) electrons. The van der Waals surface area contributed by atoms with Crippen LogP contribution in [0.3, 0.4) is 0 Å². The number of likely N-dealkylation sites (N-methyl/N-ethyl adjacent to an activating group) is 1. The second-order valence-corrected chi connectivity index (χ2v) is 5.25. The lowest BCUT2D eigenvalue weighted by Crippen LogP contribution is -2.39. The van der Waals surface area contributed by atoms with Gasteiger partial charge in [-0.25, -0.2) is 4.79 Å². The number of amides is 2. The Balaban J connectivity index is 2.55. The summed E-state index contributed by atoms with van der Waals surface area (Å²) in [6.45, 7) is 1.91. The van der Waals surface area contributed by atoms with Gasteiger partial charge in [0.15, 0.2) is 11.5 Å². The molecule has 130 valence electrons. The van der Waals surface area contributed by atoms with E-state index in [0.717, 1.165) is 12.1 Å². The number of hydrogen-bond acceptors (Lipinski definition) is 5. The summed E-state index contributed by atoms with van der Waals surface area (Å²) in [5, 5.41) is 5.63. The fourth-order valence-corrected chi connectivity index (χ4v) is 2.05. The third-order valence-corrected chi connectivity index (χ3v) is 3.31. The van der Waals surface area contributed by atoms with Crippen molar-refractivity contribution < 1.29 is 19.0 Å². The molecule has 0 saturated carbocycles. The fraction of sp³-hybridized carbons (Fsp3) is 0.562. The van der Waals surface area contributed by atoms with Crippen LogP contribution in [0.25, 0.3) is 0 Å². The Bertz CT molecular complexity index is 506. The number of nitrogens with one attached hydrogen (secondary N) is 2. The van der Waals surface area contributed by atoms with Crippen LogP contribution in [-0.2, 0) is 6.42 Å². The molecule has 7 nitrogen and oxygen atoms in total. The number of rotatable bonds is 9. The zero-order valence-corrected chi connectivity index (χ0v) is 14.6. The van der Waals surface area contributed by atoms with Crippen molar-refractivity contribution in [2.24, 2.45) is 0 Å². The molecule has 1 rings (SSSR count). The normalized spacial score (nSPS) is 10.3. The summed E-state index contributed by atoms with van der Waals surface area (Å²) < 4.78 is 15.9. The molecule has 7 heteroatoms. The summed E-state index contributed by atoms with van der Waals surface area (Å²) in [7, 11) is 8.69. The summed E-state index contributed by atoms with van der Waals surface area (Å²) in [4.78, 5) is 13.7. The molecule has 0 saturated heterocycles. The minimum Gasteiger partial charge on any atom is -0.496 e. The number of hydrogen-bond donors (Lipinski definition) is 2. The Hall–Kier alpha value is -2.15. The summed E-state index contributed by atoms with van der Waals surface area (Å²) >= 11 is 0. The van der Waals surface area contributed by atoms with Crippen molar-refractivity contribution >= 4 is 6.03 Å². The smallest absolute Gasteiger partial charge is 0.314 e. The highest BCUT2D eigenvalue weighted by Gasteiger charge is 2.12. The molecule has 0 spiro atoms. The first kappa shape index (κ1) is 18.9.